The van der Waals surface area contributed by atoms with Gasteiger partial charge in [-0.2, -0.15) is 4.98 Å². The first-order valence-corrected chi connectivity index (χ1v) is 7.38. The topological polar surface area (TPSA) is 90.4 Å². The zero-order chi connectivity index (χ0) is 15.5. The van der Waals surface area contributed by atoms with Crippen molar-refractivity contribution < 1.29 is 18.5 Å². The van der Waals surface area contributed by atoms with Gasteiger partial charge in [-0.05, 0) is 38.7 Å². The van der Waals surface area contributed by atoms with Crippen LogP contribution in [0.2, 0.25) is 0 Å². The fourth-order valence-corrected chi connectivity index (χ4v) is 2.71. The highest BCUT2D eigenvalue weighted by Crippen LogP contribution is 2.29. The van der Waals surface area contributed by atoms with Crippen LogP contribution in [0.1, 0.15) is 46.7 Å². The lowest BCUT2D eigenvalue weighted by atomic mass is 9.91. The van der Waals surface area contributed by atoms with Crippen LogP contribution in [0.15, 0.2) is 21.3 Å². The van der Waals surface area contributed by atoms with Gasteiger partial charge in [0.15, 0.2) is 5.82 Å². The van der Waals surface area contributed by atoms with E-state index in [-0.39, 0.29) is 17.9 Å². The van der Waals surface area contributed by atoms with E-state index in [1.165, 1.54) is 6.26 Å². The molecule has 3 heterocycles. The van der Waals surface area contributed by atoms with Gasteiger partial charge in [-0.1, -0.05) is 5.16 Å². The second-order valence-electron chi connectivity index (χ2n) is 5.47. The second kappa shape index (κ2) is 6.31. The Labute approximate surface area is 128 Å². The Morgan fingerprint density at radius 2 is 2.14 bits per heavy atom. The van der Waals surface area contributed by atoms with Gasteiger partial charge in [-0.3, -0.25) is 4.79 Å². The Bertz CT molecular complexity index is 643. The lowest BCUT2D eigenvalue weighted by Gasteiger charge is -2.28. The van der Waals surface area contributed by atoms with Gasteiger partial charge in [-0.15, -0.1) is 0 Å². The number of rotatable bonds is 4. The third-order valence-electron chi connectivity index (χ3n) is 3.94. The summed E-state index contributed by atoms with van der Waals surface area (Å²) in [7, 11) is 0. The Morgan fingerprint density at radius 3 is 2.73 bits per heavy atom. The number of nitrogens with zero attached hydrogens (tertiary/aromatic N) is 2. The fourth-order valence-electron chi connectivity index (χ4n) is 2.71. The van der Waals surface area contributed by atoms with Crippen LogP contribution in [0.5, 0.6) is 0 Å². The van der Waals surface area contributed by atoms with Gasteiger partial charge in [0, 0.05) is 13.2 Å². The molecule has 0 saturated carbocycles. The van der Waals surface area contributed by atoms with E-state index in [0.29, 0.717) is 36.3 Å². The molecule has 1 N–H and O–H groups in total. The van der Waals surface area contributed by atoms with Gasteiger partial charge >= 0.3 is 0 Å². The molecule has 118 valence electrons. The molecule has 7 nitrogen and oxygen atoms in total. The summed E-state index contributed by atoms with van der Waals surface area (Å²) in [6.07, 6.45) is 3.19. The quantitative estimate of drug-likeness (QED) is 0.931. The third kappa shape index (κ3) is 3.04. The van der Waals surface area contributed by atoms with Gasteiger partial charge < -0.3 is 19.0 Å². The molecule has 1 atom stereocenters. The van der Waals surface area contributed by atoms with E-state index in [4.69, 9.17) is 13.7 Å². The van der Waals surface area contributed by atoms with Crippen molar-refractivity contribution in [3.05, 3.63) is 35.4 Å². The summed E-state index contributed by atoms with van der Waals surface area (Å²) in [5.41, 5.74) is 0.522. The molecular weight excluding hydrogens is 286 g/mol. The van der Waals surface area contributed by atoms with E-state index in [2.05, 4.69) is 15.5 Å². The van der Waals surface area contributed by atoms with E-state index in [1.54, 1.807) is 19.9 Å². The number of aryl methyl sites for hydroxylation is 2. The van der Waals surface area contributed by atoms with Gasteiger partial charge in [-0.25, -0.2) is 0 Å². The molecule has 1 saturated heterocycles. The zero-order valence-electron chi connectivity index (χ0n) is 12.7. The Morgan fingerprint density at radius 1 is 1.36 bits per heavy atom. The minimum absolute atomic E-state index is 0.196. The smallest absolute Gasteiger partial charge is 0.255 e. The summed E-state index contributed by atoms with van der Waals surface area (Å²) in [6.45, 7) is 4.87. The molecular formula is C15H19N3O4. The Kier molecular flexibility index (Phi) is 4.24. The molecule has 1 fully saturated rings. The SMILES string of the molecule is Cc1noc([C@H](NC(=O)c2ccoc2C)C2CCOCC2)n1. The summed E-state index contributed by atoms with van der Waals surface area (Å²) >= 11 is 0. The predicted octanol–water partition coefficient (Wildman–Crippen LogP) is 2.18. The highest BCUT2D eigenvalue weighted by molar-refractivity contribution is 5.95. The van der Waals surface area contributed by atoms with Crippen LogP contribution in [-0.4, -0.2) is 29.3 Å². The van der Waals surface area contributed by atoms with Gasteiger partial charge in [0.2, 0.25) is 5.89 Å². The van der Waals surface area contributed by atoms with E-state index >= 15 is 0 Å². The van der Waals surface area contributed by atoms with Crippen molar-refractivity contribution >= 4 is 5.91 Å². The van der Waals surface area contributed by atoms with Crippen LogP contribution in [0.4, 0.5) is 0 Å². The fraction of sp³-hybridized carbons (Fsp3) is 0.533. The van der Waals surface area contributed by atoms with Gasteiger partial charge in [0.05, 0.1) is 11.8 Å². The first-order chi connectivity index (χ1) is 10.6. The van der Waals surface area contributed by atoms with Crippen molar-refractivity contribution in [2.75, 3.05) is 13.2 Å². The Balaban J connectivity index is 1.82. The number of furan rings is 1. The van der Waals surface area contributed by atoms with Gasteiger partial charge in [0.25, 0.3) is 5.91 Å². The predicted molar refractivity (Wildman–Crippen MR) is 76.2 cm³/mol. The number of carbonyl (C=O) groups is 1. The van der Waals surface area contributed by atoms with Crippen LogP contribution < -0.4 is 5.32 Å². The second-order valence-corrected chi connectivity index (χ2v) is 5.47. The number of hydrogen-bond donors (Lipinski definition) is 1. The Hall–Kier alpha value is -2.15. The normalized spacial score (nSPS) is 17.4. The van der Waals surface area contributed by atoms with E-state index in [9.17, 15) is 4.79 Å². The number of aromatic nitrogens is 2. The van der Waals surface area contributed by atoms with Crippen molar-refractivity contribution in [1.82, 2.24) is 15.5 Å². The monoisotopic (exact) mass is 305 g/mol. The van der Waals surface area contributed by atoms with Crippen LogP contribution in [0, 0.1) is 19.8 Å². The minimum atomic E-state index is -0.313. The van der Waals surface area contributed by atoms with Crippen molar-refractivity contribution in [2.24, 2.45) is 5.92 Å². The minimum Gasteiger partial charge on any atom is -0.469 e. The van der Waals surface area contributed by atoms with Crippen molar-refractivity contribution in [1.29, 1.82) is 0 Å². The maximum atomic E-state index is 12.5. The largest absolute Gasteiger partial charge is 0.469 e. The van der Waals surface area contributed by atoms with Crippen molar-refractivity contribution in [2.45, 2.75) is 32.7 Å². The molecule has 0 unspecified atom stereocenters. The van der Waals surface area contributed by atoms with E-state index in [0.717, 1.165) is 12.8 Å². The summed E-state index contributed by atoms with van der Waals surface area (Å²) in [5, 5.41) is 6.84. The third-order valence-corrected chi connectivity index (χ3v) is 3.94. The van der Waals surface area contributed by atoms with Crippen molar-refractivity contribution in [3.63, 3.8) is 0 Å². The van der Waals surface area contributed by atoms with Crippen LogP contribution >= 0.6 is 0 Å². The molecule has 1 aliphatic heterocycles. The number of carbonyl (C=O) groups excluding carboxylic acids is 1. The highest BCUT2D eigenvalue weighted by Gasteiger charge is 2.31. The van der Waals surface area contributed by atoms with Crippen LogP contribution in [0.25, 0.3) is 0 Å². The summed E-state index contributed by atoms with van der Waals surface area (Å²) in [6, 6.07) is 1.34. The van der Waals surface area contributed by atoms with Crippen molar-refractivity contribution in [3.8, 4) is 0 Å². The molecule has 1 aliphatic rings. The molecule has 7 heteroatoms. The summed E-state index contributed by atoms with van der Waals surface area (Å²) in [5.74, 6) is 1.60. The number of ether oxygens (including phenoxy) is 1. The molecule has 0 aromatic carbocycles. The van der Waals surface area contributed by atoms with Crippen LogP contribution in [-0.2, 0) is 4.74 Å². The average Bonchev–Trinajstić information content (AvgIpc) is 3.14. The molecule has 2 aromatic heterocycles. The number of amides is 1. The molecule has 0 spiro atoms. The molecule has 3 rings (SSSR count). The van der Waals surface area contributed by atoms with E-state index < -0.39 is 0 Å². The lowest BCUT2D eigenvalue weighted by molar-refractivity contribution is 0.0467. The summed E-state index contributed by atoms with van der Waals surface area (Å²) in [4.78, 5) is 16.8. The zero-order valence-corrected chi connectivity index (χ0v) is 12.7. The number of nitrogens with one attached hydrogen (secondary N) is 1. The summed E-state index contributed by atoms with van der Waals surface area (Å²) < 4.78 is 15.9. The van der Waals surface area contributed by atoms with Crippen LogP contribution in [0.3, 0.4) is 0 Å². The molecule has 0 radical (unpaired) electrons. The van der Waals surface area contributed by atoms with E-state index in [1.807, 2.05) is 0 Å². The molecule has 1 amide bonds. The lowest BCUT2D eigenvalue weighted by Crippen LogP contribution is -2.36. The number of hydrogen-bond acceptors (Lipinski definition) is 6. The first kappa shape index (κ1) is 14.8. The standard InChI is InChI=1S/C15H19N3O4/c1-9-12(5-8-21-9)14(19)17-13(11-3-6-20-7-4-11)15-16-10(2)18-22-15/h5,8,11,13H,3-4,6-7H2,1-2H3,(H,17,19)/t13-/m1/s1. The highest BCUT2D eigenvalue weighted by atomic mass is 16.5. The molecule has 0 bridgehead atoms. The maximum absolute atomic E-state index is 12.5. The maximum Gasteiger partial charge on any atom is 0.255 e. The van der Waals surface area contributed by atoms with Gasteiger partial charge in [0.1, 0.15) is 11.8 Å². The molecule has 2 aromatic rings. The average molecular weight is 305 g/mol. The molecule has 22 heavy (non-hydrogen) atoms. The molecule has 0 aliphatic carbocycles. The first-order valence-electron chi connectivity index (χ1n) is 7.38.